The highest BCUT2D eigenvalue weighted by atomic mass is 32.2. The zero-order valence-corrected chi connectivity index (χ0v) is 18.8. The van der Waals surface area contributed by atoms with Gasteiger partial charge in [-0.15, -0.1) is 23.1 Å². The van der Waals surface area contributed by atoms with Crippen molar-refractivity contribution < 1.29 is 4.79 Å². The Hall–Kier alpha value is -2.61. The molecule has 0 unspecified atom stereocenters. The Kier molecular flexibility index (Phi) is 6.06. The van der Waals surface area contributed by atoms with Gasteiger partial charge in [0.1, 0.15) is 5.65 Å². The second-order valence-corrected chi connectivity index (χ2v) is 9.68. The lowest BCUT2D eigenvalue weighted by Crippen LogP contribution is -2.48. The first-order valence-electron chi connectivity index (χ1n) is 10.4. The second kappa shape index (κ2) is 9.26. The predicted octanol–water partition coefficient (Wildman–Crippen LogP) is 4.65. The number of benzene rings is 1. The highest BCUT2D eigenvalue weighted by molar-refractivity contribution is 7.98. The number of rotatable bonds is 6. The summed E-state index contributed by atoms with van der Waals surface area (Å²) in [4.78, 5) is 24.7. The first-order chi connectivity index (χ1) is 15.3. The molecule has 0 N–H and O–H groups in total. The van der Waals surface area contributed by atoms with Gasteiger partial charge in [0.05, 0.1) is 11.3 Å². The summed E-state index contributed by atoms with van der Waals surface area (Å²) in [7, 11) is 0. The lowest BCUT2D eigenvalue weighted by molar-refractivity contribution is 0.0624. The molecule has 31 heavy (non-hydrogen) atoms. The van der Waals surface area contributed by atoms with Crippen molar-refractivity contribution in [1.82, 2.24) is 19.2 Å². The minimum Gasteiger partial charge on any atom is -0.336 e. The molecule has 3 aromatic heterocycles. The average Bonchev–Trinajstić information content (AvgIpc) is 3.47. The van der Waals surface area contributed by atoms with Crippen LogP contribution in [0.5, 0.6) is 0 Å². The third-order valence-corrected chi connectivity index (χ3v) is 7.71. The lowest BCUT2D eigenvalue weighted by atomic mass is 10.1. The Morgan fingerprint density at radius 3 is 2.65 bits per heavy atom. The van der Waals surface area contributed by atoms with E-state index >= 15 is 0 Å². The van der Waals surface area contributed by atoms with Crippen LogP contribution in [0.15, 0.2) is 77.3 Å². The number of carbonyl (C=O) groups excluding carboxylic acids is 1. The fourth-order valence-corrected chi connectivity index (χ4v) is 5.70. The third-order valence-electron chi connectivity index (χ3n) is 5.53. The van der Waals surface area contributed by atoms with Crippen LogP contribution in [-0.2, 0) is 12.3 Å². The molecule has 1 amide bonds. The number of carbonyl (C=O) groups is 1. The van der Waals surface area contributed by atoms with E-state index in [1.807, 2.05) is 47.5 Å². The van der Waals surface area contributed by atoms with Gasteiger partial charge in [0, 0.05) is 60.6 Å². The topological polar surface area (TPSA) is 40.9 Å². The van der Waals surface area contributed by atoms with E-state index in [2.05, 4.69) is 39.1 Å². The molecule has 4 aromatic rings. The van der Waals surface area contributed by atoms with Gasteiger partial charge in [0.2, 0.25) is 0 Å². The van der Waals surface area contributed by atoms with Crippen LogP contribution in [0.25, 0.3) is 5.65 Å². The maximum atomic E-state index is 13.2. The number of imidazole rings is 1. The monoisotopic (exact) mass is 448 g/mol. The SMILES string of the molecule is O=C(c1ccccc1SCc1cccs1)N1CCN(Cc2cn3ccccc3n2)CC1. The van der Waals surface area contributed by atoms with Gasteiger partial charge < -0.3 is 9.30 Å². The molecule has 5 nitrogen and oxygen atoms in total. The number of amides is 1. The molecule has 1 fully saturated rings. The molecule has 1 aromatic carbocycles. The van der Waals surface area contributed by atoms with Crippen LogP contribution in [0.1, 0.15) is 20.9 Å². The Balaban J connectivity index is 1.20. The van der Waals surface area contributed by atoms with E-state index in [1.165, 1.54) is 4.88 Å². The minimum absolute atomic E-state index is 0.140. The van der Waals surface area contributed by atoms with E-state index in [1.54, 1.807) is 23.1 Å². The number of thiophene rings is 1. The van der Waals surface area contributed by atoms with Crippen molar-refractivity contribution in [2.24, 2.45) is 0 Å². The number of thioether (sulfide) groups is 1. The fraction of sp³-hybridized carbons (Fsp3) is 0.250. The number of piperazine rings is 1. The molecule has 0 atom stereocenters. The van der Waals surface area contributed by atoms with Crippen molar-refractivity contribution in [3.8, 4) is 0 Å². The van der Waals surface area contributed by atoms with Crippen LogP contribution in [0, 0.1) is 0 Å². The Bertz CT molecular complexity index is 1130. The normalized spacial score (nSPS) is 14.9. The summed E-state index contributed by atoms with van der Waals surface area (Å²) in [5, 5.41) is 2.10. The number of fused-ring (bicyclic) bond motifs is 1. The van der Waals surface area contributed by atoms with Crippen LogP contribution in [0.4, 0.5) is 0 Å². The largest absolute Gasteiger partial charge is 0.336 e. The standard InChI is InChI=1S/C24H24N4OS2/c29-24(21-7-1-2-8-22(21)31-18-20-6-5-15-30-20)27-13-11-26(12-14-27)16-19-17-28-10-4-3-9-23(28)25-19/h1-10,15,17H,11-14,16,18H2. The molecular weight excluding hydrogens is 424 g/mol. The van der Waals surface area contributed by atoms with Crippen LogP contribution < -0.4 is 0 Å². The number of pyridine rings is 1. The Morgan fingerprint density at radius 1 is 1.00 bits per heavy atom. The highest BCUT2D eigenvalue weighted by Gasteiger charge is 2.24. The van der Waals surface area contributed by atoms with Gasteiger partial charge in [0.15, 0.2) is 0 Å². The molecule has 0 aliphatic carbocycles. The smallest absolute Gasteiger partial charge is 0.255 e. The van der Waals surface area contributed by atoms with Crippen molar-refractivity contribution in [3.63, 3.8) is 0 Å². The molecule has 7 heteroatoms. The van der Waals surface area contributed by atoms with Gasteiger partial charge in [-0.3, -0.25) is 9.69 Å². The first-order valence-corrected chi connectivity index (χ1v) is 12.3. The van der Waals surface area contributed by atoms with Crippen LogP contribution >= 0.6 is 23.1 Å². The maximum Gasteiger partial charge on any atom is 0.255 e. The molecule has 4 heterocycles. The second-order valence-electron chi connectivity index (χ2n) is 7.63. The lowest BCUT2D eigenvalue weighted by Gasteiger charge is -2.34. The third kappa shape index (κ3) is 4.69. The van der Waals surface area contributed by atoms with Crippen molar-refractivity contribution >= 4 is 34.7 Å². The summed E-state index contributed by atoms with van der Waals surface area (Å²) in [5.74, 6) is 1.04. The number of hydrogen-bond acceptors (Lipinski definition) is 5. The maximum absolute atomic E-state index is 13.2. The van der Waals surface area contributed by atoms with E-state index in [-0.39, 0.29) is 5.91 Å². The molecule has 0 spiro atoms. The number of aromatic nitrogens is 2. The molecule has 0 radical (unpaired) electrons. The molecule has 1 aliphatic heterocycles. The summed E-state index contributed by atoms with van der Waals surface area (Å²) in [5.41, 5.74) is 2.86. The first kappa shape index (κ1) is 20.3. The zero-order valence-electron chi connectivity index (χ0n) is 17.2. The molecule has 0 saturated carbocycles. The van der Waals surface area contributed by atoms with Crippen LogP contribution in [-0.4, -0.2) is 51.3 Å². The molecule has 1 saturated heterocycles. The van der Waals surface area contributed by atoms with Gasteiger partial charge in [-0.05, 0) is 35.7 Å². The highest BCUT2D eigenvalue weighted by Crippen LogP contribution is 2.29. The van der Waals surface area contributed by atoms with Gasteiger partial charge in [-0.25, -0.2) is 4.98 Å². The number of nitrogens with zero attached hydrogens (tertiary/aromatic N) is 4. The molecule has 1 aliphatic rings. The van der Waals surface area contributed by atoms with Crippen LogP contribution in [0.2, 0.25) is 0 Å². The van der Waals surface area contributed by atoms with Crippen molar-refractivity contribution in [2.75, 3.05) is 26.2 Å². The summed E-state index contributed by atoms with van der Waals surface area (Å²) in [6, 6.07) is 18.3. The van der Waals surface area contributed by atoms with E-state index in [0.717, 1.165) is 60.3 Å². The van der Waals surface area contributed by atoms with Gasteiger partial charge in [-0.1, -0.05) is 24.3 Å². The van der Waals surface area contributed by atoms with Crippen molar-refractivity contribution in [2.45, 2.75) is 17.2 Å². The van der Waals surface area contributed by atoms with E-state index in [4.69, 9.17) is 4.98 Å². The Morgan fingerprint density at radius 2 is 1.84 bits per heavy atom. The van der Waals surface area contributed by atoms with Gasteiger partial charge in [0.25, 0.3) is 5.91 Å². The molecule has 158 valence electrons. The Labute approximate surface area is 190 Å². The molecular formula is C24H24N4OS2. The fourth-order valence-electron chi connectivity index (χ4n) is 3.88. The zero-order chi connectivity index (χ0) is 21.0. The van der Waals surface area contributed by atoms with Crippen molar-refractivity contribution in [1.29, 1.82) is 0 Å². The summed E-state index contributed by atoms with van der Waals surface area (Å²) in [6.07, 6.45) is 4.12. The van der Waals surface area contributed by atoms with Gasteiger partial charge >= 0.3 is 0 Å². The molecule has 5 rings (SSSR count). The summed E-state index contributed by atoms with van der Waals surface area (Å²) >= 11 is 3.50. The minimum atomic E-state index is 0.140. The van der Waals surface area contributed by atoms with Crippen molar-refractivity contribution in [3.05, 3.63) is 88.5 Å². The molecule has 0 bridgehead atoms. The quantitative estimate of drug-likeness (QED) is 0.403. The van der Waals surface area contributed by atoms with E-state index in [0.29, 0.717) is 0 Å². The number of hydrogen-bond donors (Lipinski definition) is 0. The van der Waals surface area contributed by atoms with E-state index < -0.39 is 0 Å². The van der Waals surface area contributed by atoms with E-state index in [9.17, 15) is 4.79 Å². The summed E-state index contributed by atoms with van der Waals surface area (Å²) < 4.78 is 2.06. The van der Waals surface area contributed by atoms with Gasteiger partial charge in [-0.2, -0.15) is 0 Å². The average molecular weight is 449 g/mol. The predicted molar refractivity (Wildman–Crippen MR) is 127 cm³/mol. The summed E-state index contributed by atoms with van der Waals surface area (Å²) in [6.45, 7) is 4.04. The van der Waals surface area contributed by atoms with Crippen LogP contribution in [0.3, 0.4) is 0 Å².